The molecule has 1 atom stereocenters. The van der Waals surface area contributed by atoms with Gasteiger partial charge < -0.3 is 10.6 Å². The minimum Gasteiger partial charge on any atom is -0.354 e. The van der Waals surface area contributed by atoms with Crippen molar-refractivity contribution < 1.29 is 9.59 Å². The molecule has 2 aromatic carbocycles. The fraction of sp³-hybridized carbons (Fsp3) is 0.320. The summed E-state index contributed by atoms with van der Waals surface area (Å²) in [5, 5.41) is 16.9. The Kier molecular flexibility index (Phi) is 6.91. The van der Waals surface area contributed by atoms with Gasteiger partial charge in [0.1, 0.15) is 11.7 Å². The number of hydrogen-bond acceptors (Lipinski definition) is 6. The third-order valence-corrected chi connectivity index (χ3v) is 6.06. The smallest absolute Gasteiger partial charge is 0.271 e. The third-order valence-electron chi connectivity index (χ3n) is 6.06. The van der Waals surface area contributed by atoms with Gasteiger partial charge in [0.05, 0.1) is 12.6 Å². The van der Waals surface area contributed by atoms with E-state index in [9.17, 15) is 14.9 Å². The van der Waals surface area contributed by atoms with Crippen molar-refractivity contribution in [3.05, 3.63) is 82.7 Å². The molecule has 33 heavy (non-hydrogen) atoms. The molecule has 0 saturated heterocycles. The van der Waals surface area contributed by atoms with Crippen molar-refractivity contribution in [2.24, 2.45) is 5.92 Å². The first-order valence-electron chi connectivity index (χ1n) is 11.2. The van der Waals surface area contributed by atoms with E-state index in [-0.39, 0.29) is 17.7 Å². The Hall–Kier alpha value is -3.83. The topological polar surface area (TPSA) is 109 Å². The highest BCUT2D eigenvalue weighted by Crippen LogP contribution is 2.26. The van der Waals surface area contributed by atoms with Gasteiger partial charge in [-0.15, -0.1) is 5.53 Å². The highest BCUT2D eigenvalue weighted by atomic mass is 16.2. The van der Waals surface area contributed by atoms with Crippen molar-refractivity contribution in [2.75, 3.05) is 13.1 Å². The Morgan fingerprint density at radius 3 is 2.48 bits per heavy atom. The van der Waals surface area contributed by atoms with Crippen molar-refractivity contribution in [1.82, 2.24) is 26.6 Å². The highest BCUT2D eigenvalue weighted by molar-refractivity contribution is 5.93. The lowest BCUT2D eigenvalue weighted by Crippen LogP contribution is -2.43. The van der Waals surface area contributed by atoms with Crippen LogP contribution in [0.3, 0.4) is 0 Å². The number of amides is 2. The molecule has 170 valence electrons. The van der Waals surface area contributed by atoms with Gasteiger partial charge in [-0.3, -0.25) is 20.0 Å². The Bertz CT molecular complexity index is 1060. The summed E-state index contributed by atoms with van der Waals surface area (Å²) in [4.78, 5) is 25.1. The summed E-state index contributed by atoms with van der Waals surface area (Å²) in [6.45, 7) is 2.99. The number of rotatable bonds is 8. The first kappa shape index (κ1) is 22.4. The van der Waals surface area contributed by atoms with E-state index >= 15 is 0 Å². The van der Waals surface area contributed by atoms with Gasteiger partial charge in [0.2, 0.25) is 5.91 Å². The maximum absolute atomic E-state index is 12.6. The predicted octanol–water partition coefficient (Wildman–Crippen LogP) is 1.63. The van der Waals surface area contributed by atoms with Crippen LogP contribution in [0.5, 0.6) is 0 Å². The summed E-state index contributed by atoms with van der Waals surface area (Å²) < 4.78 is 0. The summed E-state index contributed by atoms with van der Waals surface area (Å²) in [5.74, 6) is -0.367. The molecule has 4 N–H and O–H groups in total. The molecule has 2 aromatic rings. The van der Waals surface area contributed by atoms with Crippen LogP contribution >= 0.6 is 0 Å². The molecule has 0 spiro atoms. The number of carbonyl (C=O) groups excluding carboxylic acids is 2. The van der Waals surface area contributed by atoms with E-state index in [1.807, 2.05) is 36.4 Å². The van der Waals surface area contributed by atoms with Crippen LogP contribution in [-0.4, -0.2) is 29.9 Å². The number of hydrogen-bond donors (Lipinski definition) is 4. The Balaban J connectivity index is 1.23. The van der Waals surface area contributed by atoms with Gasteiger partial charge in [0, 0.05) is 18.7 Å². The molecule has 1 heterocycles. The molecule has 0 saturated carbocycles. The Labute approximate surface area is 193 Å². The monoisotopic (exact) mass is 444 g/mol. The molecule has 4 rings (SSSR count). The fourth-order valence-electron chi connectivity index (χ4n) is 4.12. The van der Waals surface area contributed by atoms with E-state index in [2.05, 4.69) is 46.7 Å². The van der Waals surface area contributed by atoms with Crippen molar-refractivity contribution >= 4 is 11.8 Å². The molecule has 0 bridgehead atoms. The van der Waals surface area contributed by atoms with Gasteiger partial charge in [-0.1, -0.05) is 55.5 Å². The number of carbonyl (C=O) groups is 2. The molecule has 1 unspecified atom stereocenters. The lowest BCUT2D eigenvalue weighted by Gasteiger charge is -2.16. The predicted molar refractivity (Wildman–Crippen MR) is 124 cm³/mol. The van der Waals surface area contributed by atoms with E-state index in [0.717, 1.165) is 24.8 Å². The van der Waals surface area contributed by atoms with E-state index in [1.54, 1.807) is 11.2 Å². The molecule has 1 aliphatic heterocycles. The normalized spacial score (nSPS) is 15.8. The number of aryl methyl sites for hydroxylation is 1. The Morgan fingerprint density at radius 2 is 1.85 bits per heavy atom. The first-order chi connectivity index (χ1) is 16.1. The molecule has 0 aromatic heterocycles. The minimum absolute atomic E-state index is 0.0294. The van der Waals surface area contributed by atoms with Crippen LogP contribution in [-0.2, 0) is 28.9 Å². The second-order valence-corrected chi connectivity index (χ2v) is 8.27. The zero-order valence-corrected chi connectivity index (χ0v) is 18.6. The third kappa shape index (κ3) is 5.33. The zero-order valence-electron chi connectivity index (χ0n) is 18.6. The lowest BCUT2D eigenvalue weighted by molar-refractivity contribution is -0.124. The van der Waals surface area contributed by atoms with Crippen LogP contribution in [0, 0.1) is 17.2 Å². The first-order valence-corrected chi connectivity index (χ1v) is 11.2. The van der Waals surface area contributed by atoms with E-state index in [1.165, 1.54) is 16.7 Å². The van der Waals surface area contributed by atoms with Gasteiger partial charge in [0.15, 0.2) is 0 Å². The fourth-order valence-corrected chi connectivity index (χ4v) is 4.12. The average Bonchev–Trinajstić information content (AvgIpc) is 3.50. The second kappa shape index (κ2) is 10.2. The Morgan fingerprint density at radius 1 is 1.15 bits per heavy atom. The zero-order chi connectivity index (χ0) is 23.2. The lowest BCUT2D eigenvalue weighted by atomic mass is 10.0. The molecular formula is C25H28N6O2. The molecule has 8 heteroatoms. The van der Waals surface area contributed by atoms with Crippen LogP contribution in [0.1, 0.15) is 35.2 Å². The summed E-state index contributed by atoms with van der Waals surface area (Å²) in [7, 11) is 0. The second-order valence-electron chi connectivity index (χ2n) is 8.27. The summed E-state index contributed by atoms with van der Waals surface area (Å²) in [6.07, 6.45) is 4.09. The molecule has 2 amide bonds. The van der Waals surface area contributed by atoms with Gasteiger partial charge >= 0.3 is 0 Å². The number of nitriles is 1. The molecule has 0 fully saturated rings. The van der Waals surface area contributed by atoms with Crippen LogP contribution < -0.4 is 21.6 Å². The van der Waals surface area contributed by atoms with Gasteiger partial charge in [-0.25, -0.2) is 0 Å². The van der Waals surface area contributed by atoms with Crippen LogP contribution in [0.25, 0.3) is 0 Å². The van der Waals surface area contributed by atoms with Gasteiger partial charge in [-0.2, -0.15) is 5.26 Å². The minimum atomic E-state index is -0.741. The maximum Gasteiger partial charge on any atom is 0.271 e. The molecule has 8 nitrogen and oxygen atoms in total. The summed E-state index contributed by atoms with van der Waals surface area (Å²) in [6, 6.07) is 17.2. The standard InChI is InChI=1S/C25H28N6O2/c1-2-17-7-9-18(10-8-17)22(15-26)28-25(33)23-16-31(30-29-23)12-11-27-24(32)21-13-19-5-3-4-6-20(19)14-21/h3-10,16,21-22,29-30H,2,11-14H2,1H3,(H,27,32)(H,28,33). The van der Waals surface area contributed by atoms with Gasteiger partial charge in [0.25, 0.3) is 5.91 Å². The van der Waals surface area contributed by atoms with Crippen LogP contribution in [0.4, 0.5) is 0 Å². The number of nitrogens with zero attached hydrogens (tertiary/aromatic N) is 2. The molecule has 0 radical (unpaired) electrons. The largest absolute Gasteiger partial charge is 0.354 e. The van der Waals surface area contributed by atoms with Crippen molar-refractivity contribution in [3.63, 3.8) is 0 Å². The molecule has 1 aliphatic carbocycles. The number of fused-ring (bicyclic) bond motifs is 1. The molecule has 2 aliphatic rings. The maximum atomic E-state index is 12.6. The number of nitrogens with one attached hydrogen (secondary N) is 4. The summed E-state index contributed by atoms with van der Waals surface area (Å²) in [5.41, 5.74) is 10.4. The van der Waals surface area contributed by atoms with E-state index in [4.69, 9.17) is 0 Å². The summed E-state index contributed by atoms with van der Waals surface area (Å²) >= 11 is 0. The van der Waals surface area contributed by atoms with Crippen molar-refractivity contribution in [3.8, 4) is 6.07 Å². The van der Waals surface area contributed by atoms with Crippen molar-refractivity contribution in [2.45, 2.75) is 32.2 Å². The highest BCUT2D eigenvalue weighted by Gasteiger charge is 2.27. The van der Waals surface area contributed by atoms with Crippen LogP contribution in [0.15, 0.2) is 60.4 Å². The van der Waals surface area contributed by atoms with Crippen molar-refractivity contribution in [1.29, 1.82) is 5.26 Å². The SMILES string of the molecule is CCc1ccc(C(C#N)NC(=O)C2=CN(CCNC(=O)C3Cc4ccccc4C3)NN2)cc1. The average molecular weight is 445 g/mol. The quantitative estimate of drug-likeness (QED) is 0.493. The number of hydrazine groups is 2. The van der Waals surface area contributed by atoms with E-state index in [0.29, 0.717) is 18.8 Å². The van der Waals surface area contributed by atoms with Gasteiger partial charge in [-0.05, 0) is 41.5 Å². The van der Waals surface area contributed by atoms with E-state index < -0.39 is 6.04 Å². The molecular weight excluding hydrogens is 416 g/mol. The van der Waals surface area contributed by atoms with Crippen LogP contribution in [0.2, 0.25) is 0 Å². The number of benzene rings is 2.